The Labute approximate surface area is 99.1 Å². The third-order valence-corrected chi connectivity index (χ3v) is 2.46. The molecule has 0 radical (unpaired) electrons. The SMILES string of the molecule is CCn1ccnc1Nc1ccc(F)c(OC)c1. The van der Waals surface area contributed by atoms with Crippen LogP contribution in [0.2, 0.25) is 0 Å². The molecule has 1 heterocycles. The minimum absolute atomic E-state index is 0.213. The maximum absolute atomic E-state index is 13.2. The van der Waals surface area contributed by atoms with Crippen molar-refractivity contribution in [3.05, 3.63) is 36.4 Å². The predicted molar refractivity (Wildman–Crippen MR) is 64.1 cm³/mol. The summed E-state index contributed by atoms with van der Waals surface area (Å²) in [4.78, 5) is 4.18. The van der Waals surface area contributed by atoms with Crippen LogP contribution in [0.3, 0.4) is 0 Å². The van der Waals surface area contributed by atoms with Gasteiger partial charge in [0.05, 0.1) is 7.11 Å². The first-order valence-corrected chi connectivity index (χ1v) is 5.36. The van der Waals surface area contributed by atoms with Crippen molar-refractivity contribution < 1.29 is 9.13 Å². The van der Waals surface area contributed by atoms with E-state index in [4.69, 9.17) is 4.74 Å². The number of benzene rings is 1. The maximum atomic E-state index is 13.2. The number of ether oxygens (including phenoxy) is 1. The third kappa shape index (κ3) is 2.38. The molecular weight excluding hydrogens is 221 g/mol. The van der Waals surface area contributed by atoms with Gasteiger partial charge in [0.1, 0.15) is 0 Å². The molecule has 0 atom stereocenters. The van der Waals surface area contributed by atoms with E-state index in [-0.39, 0.29) is 11.6 Å². The van der Waals surface area contributed by atoms with Crippen LogP contribution < -0.4 is 10.1 Å². The van der Waals surface area contributed by atoms with Crippen molar-refractivity contribution in [2.75, 3.05) is 12.4 Å². The normalized spacial score (nSPS) is 10.3. The summed E-state index contributed by atoms with van der Waals surface area (Å²) >= 11 is 0. The molecule has 1 N–H and O–H groups in total. The van der Waals surface area contributed by atoms with Crippen LogP contribution in [0.5, 0.6) is 5.75 Å². The largest absolute Gasteiger partial charge is 0.494 e. The fourth-order valence-corrected chi connectivity index (χ4v) is 1.56. The highest BCUT2D eigenvalue weighted by Crippen LogP contribution is 2.23. The third-order valence-electron chi connectivity index (χ3n) is 2.46. The Morgan fingerprint density at radius 3 is 3.00 bits per heavy atom. The number of nitrogens with zero attached hydrogens (tertiary/aromatic N) is 2. The monoisotopic (exact) mass is 235 g/mol. The van der Waals surface area contributed by atoms with Gasteiger partial charge in [-0.2, -0.15) is 0 Å². The van der Waals surface area contributed by atoms with Crippen LogP contribution in [0.25, 0.3) is 0 Å². The average Bonchev–Trinajstić information content (AvgIpc) is 2.79. The smallest absolute Gasteiger partial charge is 0.207 e. The summed E-state index contributed by atoms with van der Waals surface area (Å²) in [6.07, 6.45) is 3.59. The van der Waals surface area contributed by atoms with Crippen molar-refractivity contribution >= 4 is 11.6 Å². The van der Waals surface area contributed by atoms with E-state index in [0.717, 1.165) is 18.2 Å². The van der Waals surface area contributed by atoms with Crippen LogP contribution in [0.4, 0.5) is 16.0 Å². The van der Waals surface area contributed by atoms with Gasteiger partial charge in [-0.15, -0.1) is 0 Å². The second-order valence-electron chi connectivity index (χ2n) is 3.51. The number of rotatable bonds is 4. The van der Waals surface area contributed by atoms with E-state index in [1.54, 1.807) is 18.3 Å². The molecular formula is C12H14FN3O. The van der Waals surface area contributed by atoms with Gasteiger partial charge in [0.15, 0.2) is 11.6 Å². The van der Waals surface area contributed by atoms with Crippen molar-refractivity contribution in [1.82, 2.24) is 9.55 Å². The molecule has 0 saturated heterocycles. The Kier molecular flexibility index (Phi) is 3.27. The molecule has 0 amide bonds. The van der Waals surface area contributed by atoms with Crippen molar-refractivity contribution in [1.29, 1.82) is 0 Å². The zero-order chi connectivity index (χ0) is 12.3. The summed E-state index contributed by atoms with van der Waals surface area (Å²) in [5.41, 5.74) is 0.740. The van der Waals surface area contributed by atoms with Gasteiger partial charge in [-0.05, 0) is 19.1 Å². The quantitative estimate of drug-likeness (QED) is 0.885. The molecule has 0 spiro atoms. The van der Waals surface area contributed by atoms with Gasteiger partial charge in [-0.1, -0.05) is 0 Å². The summed E-state index contributed by atoms with van der Waals surface area (Å²) in [6, 6.07) is 4.61. The van der Waals surface area contributed by atoms with Gasteiger partial charge in [0.25, 0.3) is 0 Å². The van der Waals surface area contributed by atoms with Gasteiger partial charge in [0.2, 0.25) is 5.95 Å². The van der Waals surface area contributed by atoms with Crippen molar-refractivity contribution in [2.24, 2.45) is 0 Å². The predicted octanol–water partition coefficient (Wildman–Crippen LogP) is 2.79. The van der Waals surface area contributed by atoms with Crippen LogP contribution in [0, 0.1) is 5.82 Å². The fraction of sp³-hybridized carbons (Fsp3) is 0.250. The van der Waals surface area contributed by atoms with Gasteiger partial charge in [0, 0.05) is 30.7 Å². The number of nitrogens with one attached hydrogen (secondary N) is 1. The molecule has 0 aliphatic rings. The number of aromatic nitrogens is 2. The Balaban J connectivity index is 2.24. The molecule has 0 bridgehead atoms. The van der Waals surface area contributed by atoms with Crippen LogP contribution in [-0.4, -0.2) is 16.7 Å². The van der Waals surface area contributed by atoms with Gasteiger partial charge >= 0.3 is 0 Å². The van der Waals surface area contributed by atoms with E-state index >= 15 is 0 Å². The van der Waals surface area contributed by atoms with E-state index in [9.17, 15) is 4.39 Å². The van der Waals surface area contributed by atoms with E-state index in [1.807, 2.05) is 17.7 Å². The molecule has 1 aromatic heterocycles. The molecule has 1 aromatic carbocycles. The average molecular weight is 235 g/mol. The first-order valence-electron chi connectivity index (χ1n) is 5.36. The Morgan fingerprint density at radius 2 is 2.29 bits per heavy atom. The van der Waals surface area contributed by atoms with E-state index < -0.39 is 0 Å². The van der Waals surface area contributed by atoms with Gasteiger partial charge < -0.3 is 14.6 Å². The highest BCUT2D eigenvalue weighted by Gasteiger charge is 2.05. The molecule has 4 nitrogen and oxygen atoms in total. The Morgan fingerprint density at radius 1 is 1.47 bits per heavy atom. The lowest BCUT2D eigenvalue weighted by Crippen LogP contribution is -2.01. The number of aryl methyl sites for hydroxylation is 1. The minimum atomic E-state index is -0.378. The number of imidazole rings is 1. The second kappa shape index (κ2) is 4.86. The summed E-state index contributed by atoms with van der Waals surface area (Å²) in [5, 5.41) is 3.11. The van der Waals surface area contributed by atoms with Gasteiger partial charge in [-0.3, -0.25) is 0 Å². The molecule has 2 aromatic rings. The van der Waals surface area contributed by atoms with E-state index in [1.165, 1.54) is 13.2 Å². The molecule has 17 heavy (non-hydrogen) atoms. The molecule has 0 unspecified atom stereocenters. The number of hydrogen-bond acceptors (Lipinski definition) is 3. The van der Waals surface area contributed by atoms with Crippen LogP contribution in [0.1, 0.15) is 6.92 Å². The van der Waals surface area contributed by atoms with E-state index in [0.29, 0.717) is 0 Å². The fourth-order valence-electron chi connectivity index (χ4n) is 1.56. The maximum Gasteiger partial charge on any atom is 0.207 e. The molecule has 2 rings (SSSR count). The number of hydrogen-bond donors (Lipinski definition) is 1. The van der Waals surface area contributed by atoms with Crippen molar-refractivity contribution in [3.8, 4) is 5.75 Å². The van der Waals surface area contributed by atoms with Gasteiger partial charge in [-0.25, -0.2) is 9.37 Å². The Bertz CT molecular complexity index is 510. The van der Waals surface area contributed by atoms with Crippen molar-refractivity contribution in [2.45, 2.75) is 13.5 Å². The zero-order valence-corrected chi connectivity index (χ0v) is 9.77. The summed E-state index contributed by atoms with van der Waals surface area (Å²) in [7, 11) is 1.44. The summed E-state index contributed by atoms with van der Waals surface area (Å²) < 4.78 is 20.1. The summed E-state index contributed by atoms with van der Waals surface area (Å²) in [6.45, 7) is 2.85. The molecule has 0 fully saturated rings. The lowest BCUT2D eigenvalue weighted by atomic mass is 10.3. The van der Waals surface area contributed by atoms with Crippen LogP contribution >= 0.6 is 0 Å². The molecule has 0 aliphatic carbocycles. The molecule has 5 heteroatoms. The summed E-state index contributed by atoms with van der Waals surface area (Å²) in [5.74, 6) is 0.558. The first kappa shape index (κ1) is 11.4. The molecule has 0 saturated carbocycles. The van der Waals surface area contributed by atoms with Crippen LogP contribution in [-0.2, 0) is 6.54 Å². The Hall–Kier alpha value is -2.04. The zero-order valence-electron chi connectivity index (χ0n) is 9.77. The standard InChI is InChI=1S/C12H14FN3O/c1-3-16-7-6-14-12(16)15-9-4-5-10(13)11(8-9)17-2/h4-8H,3H2,1-2H3,(H,14,15). The van der Waals surface area contributed by atoms with Crippen molar-refractivity contribution in [3.63, 3.8) is 0 Å². The molecule has 90 valence electrons. The van der Waals surface area contributed by atoms with Crippen LogP contribution in [0.15, 0.2) is 30.6 Å². The topological polar surface area (TPSA) is 39.1 Å². The lowest BCUT2D eigenvalue weighted by Gasteiger charge is -2.09. The number of halogens is 1. The molecule has 0 aliphatic heterocycles. The number of methoxy groups -OCH3 is 1. The first-order chi connectivity index (χ1) is 8.24. The number of anilines is 2. The minimum Gasteiger partial charge on any atom is -0.494 e. The highest BCUT2D eigenvalue weighted by atomic mass is 19.1. The van der Waals surface area contributed by atoms with E-state index in [2.05, 4.69) is 10.3 Å². The highest BCUT2D eigenvalue weighted by molar-refractivity contribution is 5.56. The lowest BCUT2D eigenvalue weighted by molar-refractivity contribution is 0.387. The second-order valence-corrected chi connectivity index (χ2v) is 3.51.